The third-order valence-electron chi connectivity index (χ3n) is 2.61. The lowest BCUT2D eigenvalue weighted by Gasteiger charge is -2.10. The molecule has 1 aromatic carbocycles. The van der Waals surface area contributed by atoms with Crippen molar-refractivity contribution in [2.75, 3.05) is 7.05 Å². The van der Waals surface area contributed by atoms with Gasteiger partial charge < -0.3 is 5.32 Å². The highest BCUT2D eigenvalue weighted by Gasteiger charge is 2.04. The summed E-state index contributed by atoms with van der Waals surface area (Å²) in [5.74, 6) is 0. The van der Waals surface area contributed by atoms with E-state index in [2.05, 4.69) is 41.9 Å². The van der Waals surface area contributed by atoms with Crippen molar-refractivity contribution in [1.29, 1.82) is 0 Å². The molecule has 2 heteroatoms. The maximum absolute atomic E-state index is 3.27. The Balaban J connectivity index is 2.36. The fourth-order valence-corrected chi connectivity index (χ4v) is 2.50. The summed E-state index contributed by atoms with van der Waals surface area (Å²) in [6.45, 7) is 2.21. The minimum Gasteiger partial charge on any atom is -0.317 e. The molecule has 2 aromatic rings. The summed E-state index contributed by atoms with van der Waals surface area (Å²) < 4.78 is 1.39. The maximum Gasteiger partial charge on any atom is 0.0345 e. The van der Waals surface area contributed by atoms with Crippen LogP contribution in [0.5, 0.6) is 0 Å². The molecule has 1 unspecified atom stereocenters. The Kier molecular flexibility index (Phi) is 2.85. The quantitative estimate of drug-likeness (QED) is 0.812. The van der Waals surface area contributed by atoms with E-state index in [0.29, 0.717) is 6.04 Å². The first-order valence-corrected chi connectivity index (χ1v) is 5.81. The molecule has 1 aromatic heterocycles. The topological polar surface area (TPSA) is 12.0 Å². The van der Waals surface area contributed by atoms with Crippen molar-refractivity contribution < 1.29 is 0 Å². The van der Waals surface area contributed by atoms with Gasteiger partial charge in [-0.15, -0.1) is 11.3 Å². The van der Waals surface area contributed by atoms with Crippen LogP contribution in [0.25, 0.3) is 10.1 Å². The Morgan fingerprint density at radius 3 is 3.00 bits per heavy atom. The van der Waals surface area contributed by atoms with Crippen molar-refractivity contribution in [2.45, 2.75) is 19.4 Å². The maximum atomic E-state index is 3.27. The molecule has 1 N–H and O–H groups in total. The molecule has 0 spiro atoms. The average Bonchev–Trinajstić information content (AvgIpc) is 2.66. The molecule has 2 rings (SSSR count). The summed E-state index contributed by atoms with van der Waals surface area (Å²) in [6.07, 6.45) is 1.10. The first-order valence-electron chi connectivity index (χ1n) is 4.93. The first kappa shape index (κ1) is 9.69. The van der Waals surface area contributed by atoms with Crippen LogP contribution >= 0.6 is 11.3 Å². The summed E-state index contributed by atoms with van der Waals surface area (Å²) in [4.78, 5) is 0. The first-order chi connectivity index (χ1) is 6.81. The Bertz CT molecular complexity index is 419. The minimum atomic E-state index is 0.542. The van der Waals surface area contributed by atoms with Crippen LogP contribution in [0.1, 0.15) is 12.5 Å². The molecule has 1 atom stereocenters. The molecule has 74 valence electrons. The number of hydrogen-bond acceptors (Lipinski definition) is 2. The van der Waals surface area contributed by atoms with E-state index >= 15 is 0 Å². The number of likely N-dealkylation sites (N-methyl/N-ethyl adjacent to an activating group) is 1. The Morgan fingerprint density at radius 2 is 2.21 bits per heavy atom. The fourth-order valence-electron chi connectivity index (χ4n) is 1.67. The van der Waals surface area contributed by atoms with Gasteiger partial charge in [0, 0.05) is 10.7 Å². The second-order valence-corrected chi connectivity index (χ2v) is 4.59. The largest absolute Gasteiger partial charge is 0.317 e. The highest BCUT2D eigenvalue weighted by Crippen LogP contribution is 2.24. The number of fused-ring (bicyclic) bond motifs is 1. The number of nitrogens with one attached hydrogen (secondary N) is 1. The second-order valence-electron chi connectivity index (χ2n) is 3.64. The summed E-state index contributed by atoms with van der Waals surface area (Å²) in [5, 5.41) is 6.85. The summed E-state index contributed by atoms with van der Waals surface area (Å²) >= 11 is 1.82. The molecule has 0 aliphatic heterocycles. The molecule has 0 aliphatic carbocycles. The van der Waals surface area contributed by atoms with Crippen molar-refractivity contribution in [3.05, 3.63) is 35.2 Å². The molecule has 1 nitrogen and oxygen atoms in total. The monoisotopic (exact) mass is 205 g/mol. The van der Waals surface area contributed by atoms with Gasteiger partial charge in [-0.05, 0) is 48.9 Å². The molecule has 0 amide bonds. The third kappa shape index (κ3) is 1.81. The molecule has 0 fully saturated rings. The highest BCUT2D eigenvalue weighted by molar-refractivity contribution is 7.17. The second kappa shape index (κ2) is 4.11. The number of hydrogen-bond donors (Lipinski definition) is 1. The zero-order valence-corrected chi connectivity index (χ0v) is 9.40. The molecule has 14 heavy (non-hydrogen) atoms. The number of rotatable bonds is 3. The van der Waals surface area contributed by atoms with Crippen molar-refractivity contribution in [1.82, 2.24) is 5.32 Å². The van der Waals surface area contributed by atoms with Gasteiger partial charge in [0.15, 0.2) is 0 Å². The Hall–Kier alpha value is -0.860. The van der Waals surface area contributed by atoms with E-state index < -0.39 is 0 Å². The lowest BCUT2D eigenvalue weighted by Crippen LogP contribution is -2.23. The van der Waals surface area contributed by atoms with Crippen molar-refractivity contribution in [3.8, 4) is 0 Å². The minimum absolute atomic E-state index is 0.542. The molecule has 1 heterocycles. The van der Waals surface area contributed by atoms with Crippen LogP contribution in [0.2, 0.25) is 0 Å². The molecular formula is C12H15NS. The summed E-state index contributed by atoms with van der Waals surface area (Å²) in [6, 6.07) is 9.32. The zero-order valence-electron chi connectivity index (χ0n) is 8.58. The predicted molar refractivity (Wildman–Crippen MR) is 64.1 cm³/mol. The zero-order chi connectivity index (χ0) is 9.97. The van der Waals surface area contributed by atoms with E-state index in [1.807, 2.05) is 18.4 Å². The molecule has 0 aliphatic rings. The van der Waals surface area contributed by atoms with Crippen LogP contribution in [-0.4, -0.2) is 13.1 Å². The van der Waals surface area contributed by atoms with E-state index in [9.17, 15) is 0 Å². The SMILES string of the molecule is CNC(C)Cc1cccc2sccc12. The Labute approximate surface area is 88.8 Å². The van der Waals surface area contributed by atoms with Crippen molar-refractivity contribution >= 4 is 21.4 Å². The van der Waals surface area contributed by atoms with Crippen LogP contribution in [-0.2, 0) is 6.42 Å². The van der Waals surface area contributed by atoms with Crippen LogP contribution in [0.4, 0.5) is 0 Å². The highest BCUT2D eigenvalue weighted by atomic mass is 32.1. The molecule has 0 saturated heterocycles. The molecule has 0 saturated carbocycles. The van der Waals surface area contributed by atoms with Crippen LogP contribution in [0.15, 0.2) is 29.6 Å². The predicted octanol–water partition coefficient (Wildman–Crippen LogP) is 3.05. The van der Waals surface area contributed by atoms with Gasteiger partial charge in [0.25, 0.3) is 0 Å². The van der Waals surface area contributed by atoms with Gasteiger partial charge in [0.2, 0.25) is 0 Å². The van der Waals surface area contributed by atoms with Gasteiger partial charge >= 0.3 is 0 Å². The van der Waals surface area contributed by atoms with Crippen LogP contribution in [0, 0.1) is 0 Å². The number of benzene rings is 1. The van der Waals surface area contributed by atoms with Gasteiger partial charge in [0.05, 0.1) is 0 Å². The normalized spacial score (nSPS) is 13.3. The lowest BCUT2D eigenvalue weighted by atomic mass is 10.0. The third-order valence-corrected chi connectivity index (χ3v) is 3.49. The van der Waals surface area contributed by atoms with Crippen LogP contribution < -0.4 is 5.32 Å². The van der Waals surface area contributed by atoms with Crippen molar-refractivity contribution in [3.63, 3.8) is 0 Å². The Morgan fingerprint density at radius 1 is 1.36 bits per heavy atom. The fraction of sp³-hybridized carbons (Fsp3) is 0.333. The smallest absolute Gasteiger partial charge is 0.0345 e. The standard InChI is InChI=1S/C12H15NS/c1-9(13-2)8-10-4-3-5-12-11(10)6-7-14-12/h3-7,9,13H,8H2,1-2H3. The van der Waals surface area contributed by atoms with E-state index in [1.165, 1.54) is 15.6 Å². The van der Waals surface area contributed by atoms with Crippen LogP contribution in [0.3, 0.4) is 0 Å². The van der Waals surface area contributed by atoms with Gasteiger partial charge in [-0.1, -0.05) is 12.1 Å². The molecule has 0 radical (unpaired) electrons. The summed E-state index contributed by atoms with van der Waals surface area (Å²) in [5.41, 5.74) is 1.45. The van der Waals surface area contributed by atoms with Gasteiger partial charge in [-0.2, -0.15) is 0 Å². The number of thiophene rings is 1. The average molecular weight is 205 g/mol. The van der Waals surface area contributed by atoms with Gasteiger partial charge in [-0.25, -0.2) is 0 Å². The van der Waals surface area contributed by atoms with Crippen molar-refractivity contribution in [2.24, 2.45) is 0 Å². The van der Waals surface area contributed by atoms with E-state index in [1.54, 1.807) is 0 Å². The van der Waals surface area contributed by atoms with E-state index in [4.69, 9.17) is 0 Å². The summed E-state index contributed by atoms with van der Waals surface area (Å²) in [7, 11) is 2.01. The van der Waals surface area contributed by atoms with Gasteiger partial charge in [0.1, 0.15) is 0 Å². The van der Waals surface area contributed by atoms with E-state index in [-0.39, 0.29) is 0 Å². The molecular weight excluding hydrogens is 190 g/mol. The lowest BCUT2D eigenvalue weighted by molar-refractivity contribution is 0.610. The molecule has 0 bridgehead atoms. The van der Waals surface area contributed by atoms with Gasteiger partial charge in [-0.3, -0.25) is 0 Å². The van der Waals surface area contributed by atoms with E-state index in [0.717, 1.165) is 6.42 Å².